The smallest absolute Gasteiger partial charge is 0.338 e. The molecule has 1 rings (SSSR count). The molecular formula is C13H15NO2. The Morgan fingerprint density at radius 2 is 2.12 bits per heavy atom. The number of esters is 1. The van der Waals surface area contributed by atoms with Crippen LogP contribution in [-0.4, -0.2) is 12.6 Å². The summed E-state index contributed by atoms with van der Waals surface area (Å²) in [6.45, 7) is 5.91. The highest BCUT2D eigenvalue weighted by Crippen LogP contribution is 2.17. The van der Waals surface area contributed by atoms with E-state index in [2.05, 4.69) is 6.07 Å². The molecule has 1 aromatic rings. The summed E-state index contributed by atoms with van der Waals surface area (Å²) < 4.78 is 4.96. The number of hydrogen-bond acceptors (Lipinski definition) is 3. The Bertz CT molecular complexity index is 444. The summed E-state index contributed by atoms with van der Waals surface area (Å²) in [4.78, 5) is 11.6. The van der Waals surface area contributed by atoms with E-state index in [0.717, 1.165) is 17.5 Å². The molecule has 3 heteroatoms. The monoisotopic (exact) mass is 217 g/mol. The van der Waals surface area contributed by atoms with Crippen molar-refractivity contribution in [3.05, 3.63) is 34.4 Å². The first-order valence-corrected chi connectivity index (χ1v) is 5.34. The van der Waals surface area contributed by atoms with Crippen molar-refractivity contribution in [1.29, 1.82) is 5.26 Å². The summed E-state index contributed by atoms with van der Waals surface area (Å²) in [7, 11) is 0. The molecule has 0 spiro atoms. The second-order valence-electron chi connectivity index (χ2n) is 3.51. The predicted octanol–water partition coefficient (Wildman–Crippen LogP) is 2.61. The zero-order chi connectivity index (χ0) is 12.1. The van der Waals surface area contributed by atoms with Crippen molar-refractivity contribution in [3.8, 4) is 6.07 Å². The standard InChI is InChI=1S/C13H15NO2/c1-4-10-7-12(13(15)16-5-2)9(3)6-11(10)8-14/h6-7H,4-5H2,1-3H3. The van der Waals surface area contributed by atoms with Crippen LogP contribution in [0.1, 0.15) is 40.9 Å². The summed E-state index contributed by atoms with van der Waals surface area (Å²) in [6.07, 6.45) is 0.732. The molecule has 84 valence electrons. The minimum atomic E-state index is -0.320. The molecule has 0 aromatic heterocycles. The zero-order valence-electron chi connectivity index (χ0n) is 9.83. The SMILES string of the molecule is CCOC(=O)c1cc(CC)c(C#N)cc1C. The van der Waals surface area contributed by atoms with E-state index in [9.17, 15) is 4.79 Å². The maximum atomic E-state index is 11.6. The molecule has 0 aliphatic rings. The van der Waals surface area contributed by atoms with Crippen molar-refractivity contribution in [2.24, 2.45) is 0 Å². The molecule has 1 aromatic carbocycles. The topological polar surface area (TPSA) is 50.1 Å². The Balaban J connectivity index is 3.22. The van der Waals surface area contributed by atoms with Gasteiger partial charge in [0.2, 0.25) is 0 Å². The van der Waals surface area contributed by atoms with Gasteiger partial charge in [0.1, 0.15) is 0 Å². The minimum absolute atomic E-state index is 0.320. The highest BCUT2D eigenvalue weighted by molar-refractivity contribution is 5.91. The molecule has 0 bridgehead atoms. The van der Waals surface area contributed by atoms with Crippen LogP contribution in [0.25, 0.3) is 0 Å². The molecule has 0 amide bonds. The first kappa shape index (κ1) is 12.3. The van der Waals surface area contributed by atoms with E-state index in [4.69, 9.17) is 10.00 Å². The average Bonchev–Trinajstić information content (AvgIpc) is 2.28. The van der Waals surface area contributed by atoms with E-state index in [1.165, 1.54) is 0 Å². The normalized spacial score (nSPS) is 9.62. The van der Waals surface area contributed by atoms with Crippen LogP contribution in [0.3, 0.4) is 0 Å². The second-order valence-corrected chi connectivity index (χ2v) is 3.51. The van der Waals surface area contributed by atoms with Crippen molar-refractivity contribution in [2.75, 3.05) is 6.61 Å². The van der Waals surface area contributed by atoms with Gasteiger partial charge in [-0.05, 0) is 43.5 Å². The number of aryl methyl sites for hydroxylation is 2. The fraction of sp³-hybridized carbons (Fsp3) is 0.385. The van der Waals surface area contributed by atoms with Crippen LogP contribution < -0.4 is 0 Å². The largest absolute Gasteiger partial charge is 0.462 e. The maximum absolute atomic E-state index is 11.6. The number of carbonyl (C=O) groups is 1. The number of carbonyl (C=O) groups excluding carboxylic acids is 1. The molecule has 16 heavy (non-hydrogen) atoms. The van der Waals surface area contributed by atoms with Crippen LogP contribution in [-0.2, 0) is 11.2 Å². The first-order chi connectivity index (χ1) is 7.63. The van der Waals surface area contributed by atoms with Crippen molar-refractivity contribution in [2.45, 2.75) is 27.2 Å². The molecule has 3 nitrogen and oxygen atoms in total. The number of rotatable bonds is 3. The molecule has 0 unspecified atom stereocenters. The fourth-order valence-corrected chi connectivity index (χ4v) is 1.58. The van der Waals surface area contributed by atoms with Gasteiger partial charge in [-0.2, -0.15) is 5.26 Å². The third-order valence-corrected chi connectivity index (χ3v) is 2.45. The number of nitrogens with zero attached hydrogens (tertiary/aromatic N) is 1. The summed E-state index contributed by atoms with van der Waals surface area (Å²) in [5.41, 5.74) is 2.86. The molecule has 0 saturated heterocycles. The van der Waals surface area contributed by atoms with E-state index in [-0.39, 0.29) is 5.97 Å². The number of benzene rings is 1. The number of hydrogen-bond donors (Lipinski definition) is 0. The molecule has 0 atom stereocenters. The zero-order valence-corrected chi connectivity index (χ0v) is 9.83. The molecule has 0 aliphatic carbocycles. The van der Waals surface area contributed by atoms with Crippen LogP contribution in [0.15, 0.2) is 12.1 Å². The molecule has 0 heterocycles. The lowest BCUT2D eigenvalue weighted by atomic mass is 9.98. The second kappa shape index (κ2) is 5.32. The van der Waals surface area contributed by atoms with Crippen molar-refractivity contribution in [1.82, 2.24) is 0 Å². The van der Waals surface area contributed by atoms with E-state index < -0.39 is 0 Å². The summed E-state index contributed by atoms with van der Waals surface area (Å²) in [6, 6.07) is 5.63. The van der Waals surface area contributed by atoms with Crippen LogP contribution in [0.5, 0.6) is 0 Å². The highest BCUT2D eigenvalue weighted by atomic mass is 16.5. The van der Waals surface area contributed by atoms with Gasteiger partial charge in [0.25, 0.3) is 0 Å². The van der Waals surface area contributed by atoms with Gasteiger partial charge in [-0.25, -0.2) is 4.79 Å². The number of ether oxygens (including phenoxy) is 1. The van der Waals surface area contributed by atoms with Crippen molar-refractivity contribution in [3.63, 3.8) is 0 Å². The fourth-order valence-electron chi connectivity index (χ4n) is 1.58. The molecule has 0 radical (unpaired) electrons. The maximum Gasteiger partial charge on any atom is 0.338 e. The predicted molar refractivity (Wildman–Crippen MR) is 61.2 cm³/mol. The van der Waals surface area contributed by atoms with E-state index in [0.29, 0.717) is 17.7 Å². The Hall–Kier alpha value is -1.82. The van der Waals surface area contributed by atoms with Gasteiger partial charge in [0, 0.05) is 0 Å². The Morgan fingerprint density at radius 1 is 1.44 bits per heavy atom. The van der Waals surface area contributed by atoms with Crippen molar-refractivity contribution >= 4 is 5.97 Å². The van der Waals surface area contributed by atoms with Gasteiger partial charge in [0.05, 0.1) is 23.8 Å². The highest BCUT2D eigenvalue weighted by Gasteiger charge is 2.13. The Kier molecular flexibility index (Phi) is 4.07. The van der Waals surface area contributed by atoms with Crippen LogP contribution >= 0.6 is 0 Å². The quantitative estimate of drug-likeness (QED) is 0.731. The molecule has 0 fully saturated rings. The number of nitriles is 1. The molecule has 0 N–H and O–H groups in total. The summed E-state index contributed by atoms with van der Waals surface area (Å²) in [5.74, 6) is -0.320. The van der Waals surface area contributed by atoms with Gasteiger partial charge in [-0.3, -0.25) is 0 Å². The van der Waals surface area contributed by atoms with E-state index in [1.54, 1.807) is 19.1 Å². The van der Waals surface area contributed by atoms with Gasteiger partial charge < -0.3 is 4.74 Å². The van der Waals surface area contributed by atoms with Gasteiger partial charge in [-0.1, -0.05) is 6.92 Å². The van der Waals surface area contributed by atoms with Crippen molar-refractivity contribution < 1.29 is 9.53 Å². The lowest BCUT2D eigenvalue weighted by Gasteiger charge is -2.08. The third-order valence-electron chi connectivity index (χ3n) is 2.45. The molecular weight excluding hydrogens is 202 g/mol. The van der Waals surface area contributed by atoms with Crippen LogP contribution in [0, 0.1) is 18.3 Å². The summed E-state index contributed by atoms with van der Waals surface area (Å²) >= 11 is 0. The molecule has 0 saturated carbocycles. The lowest BCUT2D eigenvalue weighted by Crippen LogP contribution is -2.08. The summed E-state index contributed by atoms with van der Waals surface area (Å²) in [5, 5.41) is 8.94. The van der Waals surface area contributed by atoms with Gasteiger partial charge in [0.15, 0.2) is 0 Å². The van der Waals surface area contributed by atoms with Gasteiger partial charge >= 0.3 is 5.97 Å². The molecule has 0 aliphatic heterocycles. The van der Waals surface area contributed by atoms with E-state index in [1.807, 2.05) is 13.8 Å². The first-order valence-electron chi connectivity index (χ1n) is 5.34. The Morgan fingerprint density at radius 3 is 2.62 bits per heavy atom. The van der Waals surface area contributed by atoms with E-state index >= 15 is 0 Å². The minimum Gasteiger partial charge on any atom is -0.462 e. The lowest BCUT2D eigenvalue weighted by molar-refractivity contribution is 0.0525. The van der Waals surface area contributed by atoms with Gasteiger partial charge in [-0.15, -0.1) is 0 Å². The third kappa shape index (κ3) is 2.40. The van der Waals surface area contributed by atoms with Crippen LogP contribution in [0.4, 0.5) is 0 Å². The Labute approximate surface area is 95.7 Å². The average molecular weight is 217 g/mol. The van der Waals surface area contributed by atoms with Crippen LogP contribution in [0.2, 0.25) is 0 Å².